The lowest BCUT2D eigenvalue weighted by atomic mass is 10.1. The number of nitrogens with one attached hydrogen (secondary N) is 1. The average molecular weight is 485 g/mol. The monoisotopic (exact) mass is 485 g/mol. The van der Waals surface area contributed by atoms with Gasteiger partial charge in [-0.1, -0.05) is 0 Å². The first kappa shape index (κ1) is 23.6. The third-order valence-corrected chi connectivity index (χ3v) is 5.35. The molecule has 0 spiro atoms. The van der Waals surface area contributed by atoms with Gasteiger partial charge in [-0.25, -0.2) is 18.4 Å². The molecule has 34 heavy (non-hydrogen) atoms. The number of carbonyl (C=O) groups is 1. The molecule has 4 rings (SSSR count). The number of hydrogen-bond donors (Lipinski definition) is 1. The number of carbonyl (C=O) groups excluding carboxylic acids is 1. The molecule has 182 valence electrons. The van der Waals surface area contributed by atoms with Crippen molar-refractivity contribution in [3.63, 3.8) is 0 Å². The van der Waals surface area contributed by atoms with Gasteiger partial charge in [0, 0.05) is 36.2 Å². The average Bonchev–Trinajstić information content (AvgIpc) is 3.52. The van der Waals surface area contributed by atoms with Crippen LogP contribution in [-0.2, 0) is 4.79 Å². The van der Waals surface area contributed by atoms with Gasteiger partial charge < -0.3 is 14.6 Å². The lowest BCUT2D eigenvalue weighted by Crippen LogP contribution is -2.35. The fourth-order valence-electron chi connectivity index (χ4n) is 3.53. The number of alkyl halides is 5. The molecule has 1 saturated carbocycles. The number of aromatic nitrogens is 4. The van der Waals surface area contributed by atoms with Gasteiger partial charge in [0.25, 0.3) is 6.43 Å². The van der Waals surface area contributed by atoms with Crippen LogP contribution >= 0.6 is 0 Å². The van der Waals surface area contributed by atoms with Crippen molar-refractivity contribution in [3.05, 3.63) is 34.9 Å². The van der Waals surface area contributed by atoms with Gasteiger partial charge in [-0.15, -0.1) is 0 Å². The normalized spacial score (nSPS) is 15.1. The standard InChI is InChI=1S/C21H20F5N5O3/c1-10(21(24,25)26)31-20(33)17(34-9-18(22)23)6-15(29-31)14-8-30(12-3-4-12)16-7-27-19(5-13(14)16)28-11(2)32/h5-8,10,12,18H,3-4,9H2,1-2H3,(H,27,28,32)/t10-/m0/s1. The molecule has 8 nitrogen and oxygen atoms in total. The van der Waals surface area contributed by atoms with E-state index < -0.39 is 36.6 Å². The Morgan fingerprint density at radius 3 is 2.59 bits per heavy atom. The molecule has 1 aliphatic carbocycles. The van der Waals surface area contributed by atoms with Crippen LogP contribution in [0.1, 0.15) is 38.8 Å². The summed E-state index contributed by atoms with van der Waals surface area (Å²) in [5.74, 6) is -0.839. The topological polar surface area (TPSA) is 91.0 Å². The van der Waals surface area contributed by atoms with Crippen molar-refractivity contribution in [2.75, 3.05) is 11.9 Å². The van der Waals surface area contributed by atoms with Crippen LogP contribution < -0.4 is 15.6 Å². The lowest BCUT2D eigenvalue weighted by molar-refractivity contribution is -0.166. The first-order valence-corrected chi connectivity index (χ1v) is 10.4. The molecule has 1 amide bonds. The maximum absolute atomic E-state index is 13.4. The van der Waals surface area contributed by atoms with Gasteiger partial charge in [0.1, 0.15) is 18.5 Å². The van der Waals surface area contributed by atoms with E-state index in [1.807, 2.05) is 4.57 Å². The highest BCUT2D eigenvalue weighted by Gasteiger charge is 2.39. The second kappa shape index (κ2) is 8.69. The van der Waals surface area contributed by atoms with Crippen molar-refractivity contribution >= 4 is 22.6 Å². The van der Waals surface area contributed by atoms with E-state index in [0.29, 0.717) is 16.5 Å². The number of halogens is 5. The maximum Gasteiger partial charge on any atom is 0.410 e. The zero-order valence-corrected chi connectivity index (χ0v) is 18.1. The Balaban J connectivity index is 1.93. The van der Waals surface area contributed by atoms with Crippen LogP contribution in [-0.4, -0.2) is 44.4 Å². The summed E-state index contributed by atoms with van der Waals surface area (Å²) in [5, 5.41) is 6.97. The largest absolute Gasteiger partial charge is 0.482 e. The van der Waals surface area contributed by atoms with Gasteiger partial charge in [0.2, 0.25) is 5.91 Å². The Morgan fingerprint density at radius 2 is 2.00 bits per heavy atom. The predicted molar refractivity (Wildman–Crippen MR) is 112 cm³/mol. The van der Waals surface area contributed by atoms with Gasteiger partial charge in [-0.3, -0.25) is 9.59 Å². The smallest absolute Gasteiger partial charge is 0.410 e. The van der Waals surface area contributed by atoms with Crippen LogP contribution in [0.2, 0.25) is 0 Å². The highest BCUT2D eigenvalue weighted by Crippen LogP contribution is 2.41. The molecule has 1 N–H and O–H groups in total. The van der Waals surface area contributed by atoms with Crippen LogP contribution in [0.15, 0.2) is 29.3 Å². The summed E-state index contributed by atoms with van der Waals surface area (Å²) in [6, 6.07) is 0.408. The van der Waals surface area contributed by atoms with E-state index in [1.54, 1.807) is 6.20 Å². The second-order valence-corrected chi connectivity index (χ2v) is 8.01. The maximum atomic E-state index is 13.4. The second-order valence-electron chi connectivity index (χ2n) is 8.01. The number of amides is 1. The molecule has 3 aromatic rings. The van der Waals surface area contributed by atoms with Crippen molar-refractivity contribution in [2.45, 2.75) is 51.4 Å². The molecular formula is C21H20F5N5O3. The number of ether oxygens (including phenoxy) is 1. The van der Waals surface area contributed by atoms with E-state index in [-0.39, 0.29) is 28.1 Å². The van der Waals surface area contributed by atoms with Crippen LogP contribution in [0, 0.1) is 0 Å². The van der Waals surface area contributed by atoms with E-state index in [2.05, 4.69) is 15.4 Å². The van der Waals surface area contributed by atoms with Crippen molar-refractivity contribution in [1.29, 1.82) is 0 Å². The molecule has 1 atom stereocenters. The van der Waals surface area contributed by atoms with E-state index in [4.69, 9.17) is 4.74 Å². The predicted octanol–water partition coefficient (Wildman–Crippen LogP) is 4.32. The fraction of sp³-hybridized carbons (Fsp3) is 0.429. The number of nitrogens with zero attached hydrogens (tertiary/aromatic N) is 4. The third kappa shape index (κ3) is 4.73. The zero-order chi connectivity index (χ0) is 24.8. The van der Waals surface area contributed by atoms with Gasteiger partial charge in [-0.05, 0) is 25.8 Å². The van der Waals surface area contributed by atoms with Crippen molar-refractivity contribution in [3.8, 4) is 17.0 Å². The molecule has 0 aliphatic heterocycles. The SMILES string of the molecule is CC(=O)Nc1cc2c(-c3cc(OCC(F)F)c(=O)n([C@@H](C)C(F)(F)F)n3)cn(C3CC3)c2cn1. The van der Waals surface area contributed by atoms with Crippen molar-refractivity contribution < 1.29 is 31.5 Å². The molecule has 0 bridgehead atoms. The van der Waals surface area contributed by atoms with Crippen LogP contribution in [0.4, 0.5) is 27.8 Å². The zero-order valence-electron chi connectivity index (χ0n) is 18.1. The molecule has 0 unspecified atom stereocenters. The molecule has 3 heterocycles. The summed E-state index contributed by atoms with van der Waals surface area (Å²) in [6.45, 7) is 0.867. The molecule has 1 fully saturated rings. The van der Waals surface area contributed by atoms with Gasteiger partial charge >= 0.3 is 11.7 Å². The first-order valence-electron chi connectivity index (χ1n) is 10.4. The Labute approximate surface area is 189 Å². The summed E-state index contributed by atoms with van der Waals surface area (Å²) in [4.78, 5) is 28.2. The minimum Gasteiger partial charge on any atom is -0.482 e. The van der Waals surface area contributed by atoms with Gasteiger partial charge in [-0.2, -0.15) is 18.3 Å². The number of anilines is 1. The molecule has 13 heteroatoms. The van der Waals surface area contributed by atoms with Crippen LogP contribution in [0.3, 0.4) is 0 Å². The molecule has 1 aliphatic rings. The third-order valence-electron chi connectivity index (χ3n) is 5.35. The van der Waals surface area contributed by atoms with E-state index in [1.165, 1.54) is 19.2 Å². The molecule has 0 aromatic carbocycles. The summed E-state index contributed by atoms with van der Waals surface area (Å²) >= 11 is 0. The first-order chi connectivity index (χ1) is 16.0. The number of fused-ring (bicyclic) bond motifs is 1. The highest BCUT2D eigenvalue weighted by atomic mass is 19.4. The van der Waals surface area contributed by atoms with Gasteiger partial charge in [0.05, 0.1) is 17.4 Å². The summed E-state index contributed by atoms with van der Waals surface area (Å²) in [5.41, 5.74) is -0.379. The van der Waals surface area contributed by atoms with Crippen LogP contribution in [0.25, 0.3) is 22.2 Å². The number of hydrogen-bond acceptors (Lipinski definition) is 5. The molecule has 0 saturated heterocycles. The van der Waals surface area contributed by atoms with Crippen LogP contribution in [0.5, 0.6) is 5.75 Å². The minimum atomic E-state index is -4.82. The number of pyridine rings is 1. The summed E-state index contributed by atoms with van der Waals surface area (Å²) in [6.07, 6.45) is -2.80. The lowest BCUT2D eigenvalue weighted by Gasteiger charge is -2.19. The molecule has 3 aromatic heterocycles. The van der Waals surface area contributed by atoms with Crippen molar-refractivity contribution in [1.82, 2.24) is 19.3 Å². The highest BCUT2D eigenvalue weighted by molar-refractivity contribution is 5.98. The van der Waals surface area contributed by atoms with Crippen molar-refractivity contribution in [2.24, 2.45) is 0 Å². The van der Waals surface area contributed by atoms with E-state index in [9.17, 15) is 31.5 Å². The summed E-state index contributed by atoms with van der Waals surface area (Å²) in [7, 11) is 0. The van der Waals surface area contributed by atoms with E-state index >= 15 is 0 Å². The van der Waals surface area contributed by atoms with Gasteiger partial charge in [0.15, 0.2) is 5.75 Å². The Morgan fingerprint density at radius 1 is 1.29 bits per heavy atom. The minimum absolute atomic E-state index is 0.0793. The molecule has 0 radical (unpaired) electrons. The Hall–Kier alpha value is -3.51. The Bertz CT molecular complexity index is 1300. The number of rotatable bonds is 7. The fourth-order valence-corrected chi connectivity index (χ4v) is 3.53. The molecular weight excluding hydrogens is 465 g/mol. The summed E-state index contributed by atoms with van der Waals surface area (Å²) < 4.78 is 72.6. The Kier molecular flexibility index (Phi) is 6.04. The quantitative estimate of drug-likeness (QED) is 0.504. The van der Waals surface area contributed by atoms with E-state index in [0.717, 1.165) is 25.8 Å².